The van der Waals surface area contributed by atoms with Gasteiger partial charge < -0.3 is 35.4 Å². The lowest BCUT2D eigenvalue weighted by Crippen LogP contribution is -2.60. The number of ether oxygens (including phenoxy) is 2. The number of hydrogen-bond acceptors (Lipinski definition) is 8. The van der Waals surface area contributed by atoms with Crippen LogP contribution < -0.4 is 11.1 Å². The molecule has 2 heterocycles. The van der Waals surface area contributed by atoms with E-state index in [2.05, 4.69) is 5.32 Å². The van der Waals surface area contributed by atoms with Gasteiger partial charge in [0, 0.05) is 33.9 Å². The molecule has 46 heavy (non-hydrogen) atoms. The fourth-order valence-electron chi connectivity index (χ4n) is 8.12. The number of primary amides is 1. The van der Waals surface area contributed by atoms with Crippen LogP contribution >= 0.6 is 0 Å². The molecule has 3 fully saturated rings. The van der Waals surface area contributed by atoms with Crippen molar-refractivity contribution < 1.29 is 38.6 Å². The number of nitrogens with zero attached hydrogens (tertiary/aromatic N) is 3. The number of carboxylic acids is 1. The summed E-state index contributed by atoms with van der Waals surface area (Å²) in [6.07, 6.45) is 3.47. The first kappa shape index (κ1) is 37.7. The van der Waals surface area contributed by atoms with E-state index in [-0.39, 0.29) is 60.5 Å². The van der Waals surface area contributed by atoms with Crippen LogP contribution in [0.15, 0.2) is 0 Å². The van der Waals surface area contributed by atoms with Crippen molar-refractivity contribution in [2.75, 3.05) is 34.4 Å². The molecular formula is C33H57N5O8. The van der Waals surface area contributed by atoms with E-state index in [0.717, 1.165) is 32.1 Å². The lowest BCUT2D eigenvalue weighted by atomic mass is 9.89. The Kier molecular flexibility index (Phi) is 13.4. The molecule has 2 saturated heterocycles. The average molecular weight is 652 g/mol. The molecule has 0 aromatic rings. The summed E-state index contributed by atoms with van der Waals surface area (Å²) in [7, 11) is 4.70. The van der Waals surface area contributed by atoms with E-state index in [4.69, 9.17) is 15.2 Å². The van der Waals surface area contributed by atoms with Crippen LogP contribution in [0.2, 0.25) is 0 Å². The Labute approximate surface area is 273 Å². The van der Waals surface area contributed by atoms with E-state index >= 15 is 0 Å². The third kappa shape index (κ3) is 8.20. The summed E-state index contributed by atoms with van der Waals surface area (Å²) in [5.74, 6) is -3.12. The largest absolute Gasteiger partial charge is 0.481 e. The zero-order valence-corrected chi connectivity index (χ0v) is 28.9. The molecule has 3 aliphatic rings. The van der Waals surface area contributed by atoms with Gasteiger partial charge in [-0.2, -0.15) is 0 Å². The molecule has 13 heteroatoms. The standard InChI is InChI=1S/C33H57N5O8/c1-9-19(4)28(24(45-7)16-26(40)37-14-10-11-23(37)30(46-8)20(5)33(43)44)36(6)32(42)27(18(2)3)35-31(41)29-21-12-13-22(15-21)38(29)17-25(34)39/h18-24,27-30H,9-17H2,1-8H3,(H2,34,39)(H,35,41)(H,43,44)/t19-,20+,21-,22+,23-,24+,27-,28-,29-,30+/m0/s1. The van der Waals surface area contributed by atoms with Gasteiger partial charge in [-0.3, -0.25) is 28.9 Å². The number of carbonyl (C=O) groups excluding carboxylic acids is 4. The second kappa shape index (κ2) is 16.4. The van der Waals surface area contributed by atoms with Crippen LogP contribution in [0.25, 0.3) is 0 Å². The summed E-state index contributed by atoms with van der Waals surface area (Å²) in [4.78, 5) is 70.5. The van der Waals surface area contributed by atoms with E-state index in [1.165, 1.54) is 14.2 Å². The van der Waals surface area contributed by atoms with Gasteiger partial charge in [-0.25, -0.2) is 0 Å². The van der Waals surface area contributed by atoms with Gasteiger partial charge in [-0.05, 0) is 56.8 Å². The van der Waals surface area contributed by atoms with Crippen LogP contribution in [0.1, 0.15) is 79.6 Å². The maximum atomic E-state index is 14.2. The molecule has 3 rings (SSSR count). The molecule has 13 nitrogen and oxygen atoms in total. The number of rotatable bonds is 17. The van der Waals surface area contributed by atoms with Gasteiger partial charge in [0.2, 0.25) is 23.6 Å². The number of amides is 4. The number of hydrogen-bond donors (Lipinski definition) is 3. The highest BCUT2D eigenvalue weighted by Gasteiger charge is 2.50. The maximum Gasteiger partial charge on any atom is 0.308 e. The second-order valence-electron chi connectivity index (χ2n) is 14.0. The van der Waals surface area contributed by atoms with Crippen LogP contribution in [0.3, 0.4) is 0 Å². The number of nitrogens with one attached hydrogen (secondary N) is 1. The summed E-state index contributed by atoms with van der Waals surface area (Å²) in [6.45, 7) is 9.88. The van der Waals surface area contributed by atoms with E-state index in [1.807, 2.05) is 32.6 Å². The number of likely N-dealkylation sites (tertiary alicyclic amines) is 2. The first-order valence-corrected chi connectivity index (χ1v) is 16.9. The molecule has 262 valence electrons. The number of aliphatic carboxylic acids is 1. The fraction of sp³-hybridized carbons (Fsp3) is 0.848. The normalized spacial score (nSPS) is 26.8. The smallest absolute Gasteiger partial charge is 0.308 e. The predicted molar refractivity (Wildman–Crippen MR) is 171 cm³/mol. The number of carboxylic acid groups (broad SMARTS) is 1. The number of fused-ring (bicyclic) bond motifs is 2. The van der Waals surface area contributed by atoms with Crippen molar-refractivity contribution in [3.63, 3.8) is 0 Å². The Morgan fingerprint density at radius 3 is 2.26 bits per heavy atom. The van der Waals surface area contributed by atoms with Gasteiger partial charge in [0.1, 0.15) is 6.04 Å². The Balaban J connectivity index is 1.79. The summed E-state index contributed by atoms with van der Waals surface area (Å²) in [5, 5.41) is 12.6. The topological polar surface area (TPSA) is 172 Å². The van der Waals surface area contributed by atoms with Gasteiger partial charge in [-0.15, -0.1) is 0 Å². The fourth-order valence-corrected chi connectivity index (χ4v) is 8.12. The van der Waals surface area contributed by atoms with E-state index in [0.29, 0.717) is 13.0 Å². The van der Waals surface area contributed by atoms with E-state index in [1.54, 1.807) is 23.8 Å². The molecule has 4 N–H and O–H groups in total. The first-order valence-electron chi connectivity index (χ1n) is 16.9. The molecule has 1 saturated carbocycles. The molecule has 2 aliphatic heterocycles. The zero-order valence-electron chi connectivity index (χ0n) is 28.9. The van der Waals surface area contributed by atoms with Gasteiger partial charge in [-0.1, -0.05) is 34.1 Å². The minimum atomic E-state index is -0.981. The lowest BCUT2D eigenvalue weighted by molar-refractivity contribution is -0.152. The van der Waals surface area contributed by atoms with Gasteiger partial charge >= 0.3 is 5.97 Å². The van der Waals surface area contributed by atoms with Crippen molar-refractivity contribution >= 4 is 29.6 Å². The summed E-state index contributed by atoms with van der Waals surface area (Å²) < 4.78 is 11.5. The molecule has 0 radical (unpaired) electrons. The van der Waals surface area contributed by atoms with Crippen molar-refractivity contribution in [3.8, 4) is 0 Å². The highest BCUT2D eigenvalue weighted by molar-refractivity contribution is 5.91. The highest BCUT2D eigenvalue weighted by Crippen LogP contribution is 2.42. The van der Waals surface area contributed by atoms with Gasteiger partial charge in [0.25, 0.3) is 0 Å². The molecule has 10 atom stereocenters. The Hall–Kier alpha value is -2.77. The molecule has 0 aromatic carbocycles. The molecule has 0 aromatic heterocycles. The van der Waals surface area contributed by atoms with Crippen LogP contribution in [0, 0.1) is 23.7 Å². The third-order valence-electron chi connectivity index (χ3n) is 10.8. The molecule has 0 spiro atoms. The van der Waals surface area contributed by atoms with Crippen molar-refractivity contribution in [3.05, 3.63) is 0 Å². The van der Waals surface area contributed by atoms with Gasteiger partial charge in [0.15, 0.2) is 0 Å². The number of likely N-dealkylation sites (N-methyl/N-ethyl adjacent to an activating group) is 1. The Bertz CT molecular complexity index is 1100. The van der Waals surface area contributed by atoms with Crippen LogP contribution in [-0.4, -0.2) is 126 Å². The number of methoxy groups -OCH3 is 2. The lowest BCUT2D eigenvalue weighted by Gasteiger charge is -2.41. The maximum absolute atomic E-state index is 14.2. The van der Waals surface area contributed by atoms with Crippen molar-refractivity contribution in [2.24, 2.45) is 29.4 Å². The average Bonchev–Trinajstić information content (AvgIpc) is 3.76. The predicted octanol–water partition coefficient (Wildman–Crippen LogP) is 1.47. The molecule has 2 bridgehead atoms. The molecule has 4 amide bonds. The van der Waals surface area contributed by atoms with Crippen LogP contribution in [0.4, 0.5) is 0 Å². The van der Waals surface area contributed by atoms with Crippen molar-refractivity contribution in [1.82, 2.24) is 20.0 Å². The van der Waals surface area contributed by atoms with E-state index < -0.39 is 48.1 Å². The van der Waals surface area contributed by atoms with E-state index in [9.17, 15) is 29.1 Å². The summed E-state index contributed by atoms with van der Waals surface area (Å²) in [5.41, 5.74) is 5.51. The Morgan fingerprint density at radius 1 is 1.04 bits per heavy atom. The quantitative estimate of drug-likeness (QED) is 0.211. The molecular weight excluding hydrogens is 594 g/mol. The first-order chi connectivity index (χ1) is 21.7. The Morgan fingerprint density at radius 2 is 1.72 bits per heavy atom. The third-order valence-corrected chi connectivity index (χ3v) is 10.8. The zero-order chi connectivity index (χ0) is 34.5. The SMILES string of the molecule is CC[C@H](C)[C@@H]([C@@H](CC(=O)N1CCC[C@H]1[C@H](OC)[C@@H](C)C(=O)O)OC)N(C)C(=O)[C@@H](NC(=O)[C@@H]1[C@H]2CC[C@H](C2)N1CC(N)=O)C(C)C. The van der Waals surface area contributed by atoms with Crippen LogP contribution in [0.5, 0.6) is 0 Å². The number of nitrogens with two attached hydrogens (primary N) is 1. The van der Waals surface area contributed by atoms with Crippen molar-refractivity contribution in [2.45, 2.75) is 122 Å². The number of piperidine rings is 1. The van der Waals surface area contributed by atoms with Crippen molar-refractivity contribution in [1.29, 1.82) is 0 Å². The minimum Gasteiger partial charge on any atom is -0.481 e. The minimum absolute atomic E-state index is 0.00341. The second-order valence-corrected chi connectivity index (χ2v) is 14.0. The van der Waals surface area contributed by atoms with Gasteiger partial charge in [0.05, 0.1) is 49.2 Å². The monoisotopic (exact) mass is 651 g/mol. The molecule has 0 unspecified atom stereocenters. The summed E-state index contributed by atoms with van der Waals surface area (Å²) >= 11 is 0. The summed E-state index contributed by atoms with van der Waals surface area (Å²) in [6, 6.07) is -2.04. The molecule has 1 aliphatic carbocycles. The number of carbonyl (C=O) groups is 5. The van der Waals surface area contributed by atoms with Crippen LogP contribution in [-0.2, 0) is 33.4 Å². The highest BCUT2D eigenvalue weighted by atomic mass is 16.5.